The molecule has 0 saturated heterocycles. The van der Waals surface area contributed by atoms with Gasteiger partial charge in [-0.05, 0) is 37.5 Å². The summed E-state index contributed by atoms with van der Waals surface area (Å²) in [6.45, 7) is 7.09. The van der Waals surface area contributed by atoms with Crippen LogP contribution in [0.15, 0.2) is 24.3 Å². The van der Waals surface area contributed by atoms with Crippen LogP contribution in [-0.4, -0.2) is 22.2 Å². The molecule has 0 spiro atoms. The van der Waals surface area contributed by atoms with Gasteiger partial charge in [0.2, 0.25) is 0 Å². The molecule has 0 aromatic carbocycles. The number of carboxylic acids is 2. The van der Waals surface area contributed by atoms with Gasteiger partial charge < -0.3 is 10.2 Å². The van der Waals surface area contributed by atoms with Crippen LogP contribution in [0.4, 0.5) is 0 Å². The molecule has 4 nitrogen and oxygen atoms in total. The van der Waals surface area contributed by atoms with E-state index in [1.165, 1.54) is 96.3 Å². The van der Waals surface area contributed by atoms with Crippen molar-refractivity contribution in [1.82, 2.24) is 0 Å². The number of carbonyl (C=O) groups is 2. The van der Waals surface area contributed by atoms with Gasteiger partial charge in [-0.3, -0.25) is 0 Å². The first-order chi connectivity index (χ1) is 15.9. The maximum atomic E-state index is 10.5. The van der Waals surface area contributed by atoms with Crippen LogP contribution in [-0.2, 0) is 9.59 Å². The molecule has 2 aliphatic carbocycles. The van der Waals surface area contributed by atoms with E-state index in [1.807, 2.05) is 0 Å². The number of aliphatic carboxylic acids is 2. The molecule has 0 unspecified atom stereocenters. The molecular weight excluding hydrogens is 412 g/mol. The van der Waals surface area contributed by atoms with Crippen molar-refractivity contribution >= 4 is 11.9 Å². The Bertz CT molecular complexity index is 568. The van der Waals surface area contributed by atoms with Gasteiger partial charge in [-0.2, -0.15) is 0 Å². The van der Waals surface area contributed by atoms with Gasteiger partial charge in [-0.1, -0.05) is 122 Å². The monoisotopic (exact) mass is 462 g/mol. The molecule has 2 saturated carbocycles. The van der Waals surface area contributed by atoms with Gasteiger partial charge in [-0.15, -0.1) is 0 Å². The number of unbranched alkanes of at least 4 members (excludes halogenated alkanes) is 5. The molecule has 2 aliphatic rings. The summed E-state index contributed by atoms with van der Waals surface area (Å²) in [5, 5.41) is 17.3. The number of hydrogen-bond donors (Lipinski definition) is 2. The number of rotatable bonds is 15. The zero-order valence-electron chi connectivity index (χ0n) is 21.1. The quantitative estimate of drug-likeness (QED) is 0.188. The standard InChI is InChI=1S/C15H26O2.C14H24O2/c1-13(15(16)17)9-5-2-3-6-10-14-11-7-4-8-12-14;1-12(14(15)16)8-4-2-5-9-13-10-6-3-7-11-13/h14H,1-12H2,(H,16,17);13H,1-11H2,(H,15,16). The van der Waals surface area contributed by atoms with Crippen LogP contribution in [0.25, 0.3) is 0 Å². The Morgan fingerprint density at radius 3 is 1.24 bits per heavy atom. The number of hydrogen-bond acceptors (Lipinski definition) is 2. The molecule has 0 radical (unpaired) electrons. The average molecular weight is 463 g/mol. The lowest BCUT2D eigenvalue weighted by molar-refractivity contribution is -0.133. The van der Waals surface area contributed by atoms with E-state index in [0.29, 0.717) is 24.0 Å². The fourth-order valence-electron chi connectivity index (χ4n) is 5.24. The lowest BCUT2D eigenvalue weighted by Crippen LogP contribution is -2.05. The summed E-state index contributed by atoms with van der Waals surface area (Å²) in [4.78, 5) is 21.0. The average Bonchev–Trinajstić information content (AvgIpc) is 2.82. The molecule has 33 heavy (non-hydrogen) atoms. The second-order valence-electron chi connectivity index (χ2n) is 10.4. The molecule has 0 aliphatic heterocycles. The van der Waals surface area contributed by atoms with Crippen molar-refractivity contribution < 1.29 is 19.8 Å². The Labute approximate surface area is 202 Å². The largest absolute Gasteiger partial charge is 0.478 e. The molecule has 0 atom stereocenters. The first-order valence-electron chi connectivity index (χ1n) is 13.7. The van der Waals surface area contributed by atoms with E-state index in [-0.39, 0.29) is 0 Å². The highest BCUT2D eigenvalue weighted by atomic mass is 16.4. The molecule has 0 aromatic rings. The third-order valence-corrected chi connectivity index (χ3v) is 7.49. The van der Waals surface area contributed by atoms with Crippen LogP contribution < -0.4 is 0 Å². The van der Waals surface area contributed by atoms with Gasteiger partial charge >= 0.3 is 11.9 Å². The second kappa shape index (κ2) is 18.8. The van der Waals surface area contributed by atoms with E-state index in [2.05, 4.69) is 13.2 Å². The number of carboxylic acid groups (broad SMARTS) is 2. The van der Waals surface area contributed by atoms with Gasteiger partial charge in [0.25, 0.3) is 0 Å². The molecule has 0 aromatic heterocycles. The summed E-state index contributed by atoms with van der Waals surface area (Å²) in [5.74, 6) is 0.258. The maximum absolute atomic E-state index is 10.5. The van der Waals surface area contributed by atoms with Crippen LogP contribution in [0.1, 0.15) is 135 Å². The van der Waals surface area contributed by atoms with Gasteiger partial charge in [0.05, 0.1) is 0 Å². The molecule has 2 fully saturated rings. The van der Waals surface area contributed by atoms with Crippen molar-refractivity contribution in [2.24, 2.45) is 11.8 Å². The van der Waals surface area contributed by atoms with Crippen molar-refractivity contribution in [3.63, 3.8) is 0 Å². The zero-order valence-corrected chi connectivity index (χ0v) is 21.1. The smallest absolute Gasteiger partial charge is 0.330 e. The van der Waals surface area contributed by atoms with E-state index in [4.69, 9.17) is 10.2 Å². The summed E-state index contributed by atoms with van der Waals surface area (Å²) in [6.07, 6.45) is 26.4. The topological polar surface area (TPSA) is 74.6 Å². The Hall–Kier alpha value is -1.58. The van der Waals surface area contributed by atoms with E-state index in [1.54, 1.807) is 0 Å². The van der Waals surface area contributed by atoms with Crippen molar-refractivity contribution in [2.75, 3.05) is 0 Å². The van der Waals surface area contributed by atoms with Crippen molar-refractivity contribution in [1.29, 1.82) is 0 Å². The fourth-order valence-corrected chi connectivity index (χ4v) is 5.24. The van der Waals surface area contributed by atoms with Crippen LogP contribution in [0.2, 0.25) is 0 Å². The third-order valence-electron chi connectivity index (χ3n) is 7.49. The van der Waals surface area contributed by atoms with Crippen LogP contribution in [0.3, 0.4) is 0 Å². The van der Waals surface area contributed by atoms with E-state index in [9.17, 15) is 9.59 Å². The summed E-state index contributed by atoms with van der Waals surface area (Å²) < 4.78 is 0. The highest BCUT2D eigenvalue weighted by Gasteiger charge is 2.13. The molecule has 0 heterocycles. The van der Waals surface area contributed by atoms with Gasteiger partial charge in [0.1, 0.15) is 0 Å². The molecule has 2 N–H and O–H groups in total. The van der Waals surface area contributed by atoms with Crippen LogP contribution >= 0.6 is 0 Å². The minimum absolute atomic E-state index is 0.359. The lowest BCUT2D eigenvalue weighted by Gasteiger charge is -2.21. The first kappa shape index (κ1) is 29.5. The fraction of sp³-hybridized carbons (Fsp3) is 0.793. The minimum atomic E-state index is -0.841. The maximum Gasteiger partial charge on any atom is 0.330 e. The minimum Gasteiger partial charge on any atom is -0.478 e. The van der Waals surface area contributed by atoms with Gasteiger partial charge in [0.15, 0.2) is 0 Å². The summed E-state index contributed by atoms with van der Waals surface area (Å²) >= 11 is 0. The zero-order chi connectivity index (χ0) is 24.3. The van der Waals surface area contributed by atoms with Gasteiger partial charge in [0, 0.05) is 11.1 Å². The molecule has 2 rings (SSSR count). The Kier molecular flexibility index (Phi) is 16.8. The Morgan fingerprint density at radius 1 is 0.545 bits per heavy atom. The lowest BCUT2D eigenvalue weighted by atomic mass is 9.85. The Balaban J connectivity index is 0.000000331. The van der Waals surface area contributed by atoms with Crippen LogP contribution in [0, 0.1) is 11.8 Å². The third kappa shape index (κ3) is 15.8. The first-order valence-corrected chi connectivity index (χ1v) is 13.7. The molecule has 0 amide bonds. The van der Waals surface area contributed by atoms with Crippen molar-refractivity contribution in [3.05, 3.63) is 24.3 Å². The summed E-state index contributed by atoms with van der Waals surface area (Å²) in [5.41, 5.74) is 0.718. The predicted molar refractivity (Wildman–Crippen MR) is 137 cm³/mol. The molecule has 190 valence electrons. The Morgan fingerprint density at radius 2 is 0.879 bits per heavy atom. The molecule has 0 bridgehead atoms. The van der Waals surface area contributed by atoms with E-state index < -0.39 is 11.9 Å². The van der Waals surface area contributed by atoms with Gasteiger partial charge in [-0.25, -0.2) is 9.59 Å². The van der Waals surface area contributed by atoms with E-state index >= 15 is 0 Å². The highest BCUT2D eigenvalue weighted by Crippen LogP contribution is 2.29. The predicted octanol–water partition coefficient (Wildman–Crippen LogP) is 8.71. The summed E-state index contributed by atoms with van der Waals surface area (Å²) in [6, 6.07) is 0. The SMILES string of the molecule is C=C(CCCCCC1CCCCC1)C(=O)O.C=C(CCCCCCC1CCCCC1)C(=O)O. The highest BCUT2D eigenvalue weighted by molar-refractivity contribution is 5.85. The van der Waals surface area contributed by atoms with E-state index in [0.717, 1.165) is 37.5 Å². The normalized spacial score (nSPS) is 17.1. The molecular formula is C29H50O4. The second-order valence-corrected chi connectivity index (χ2v) is 10.4. The van der Waals surface area contributed by atoms with Crippen molar-refractivity contribution in [2.45, 2.75) is 135 Å². The van der Waals surface area contributed by atoms with Crippen molar-refractivity contribution in [3.8, 4) is 0 Å². The molecule has 4 heteroatoms. The summed E-state index contributed by atoms with van der Waals surface area (Å²) in [7, 11) is 0. The van der Waals surface area contributed by atoms with Crippen LogP contribution in [0.5, 0.6) is 0 Å².